The molecule has 106 valence electrons. The van der Waals surface area contributed by atoms with Crippen LogP contribution in [0.2, 0.25) is 0 Å². The second kappa shape index (κ2) is 6.68. The molecule has 1 amide bonds. The third-order valence-corrected chi connectivity index (χ3v) is 3.98. The van der Waals surface area contributed by atoms with E-state index >= 15 is 0 Å². The SMILES string of the molecule is COC(CNC(=O)c1ccc(C)cc1C)c1ccsc1. The summed E-state index contributed by atoms with van der Waals surface area (Å²) in [6.07, 6.45) is -0.101. The minimum atomic E-state index is -0.101. The Balaban J connectivity index is 2.01. The molecule has 0 radical (unpaired) electrons. The van der Waals surface area contributed by atoms with Crippen molar-refractivity contribution in [1.82, 2.24) is 5.32 Å². The van der Waals surface area contributed by atoms with Crippen LogP contribution < -0.4 is 5.32 Å². The lowest BCUT2D eigenvalue weighted by Gasteiger charge is -2.15. The highest BCUT2D eigenvalue weighted by Crippen LogP contribution is 2.19. The van der Waals surface area contributed by atoms with Crippen LogP contribution in [0.4, 0.5) is 0 Å². The van der Waals surface area contributed by atoms with Gasteiger partial charge in [0.1, 0.15) is 6.10 Å². The van der Waals surface area contributed by atoms with Crippen molar-refractivity contribution >= 4 is 17.2 Å². The molecule has 0 spiro atoms. The predicted octanol–water partition coefficient (Wildman–Crippen LogP) is 3.48. The van der Waals surface area contributed by atoms with E-state index in [1.807, 2.05) is 48.9 Å². The first-order chi connectivity index (χ1) is 9.61. The summed E-state index contributed by atoms with van der Waals surface area (Å²) in [6.45, 7) is 4.44. The summed E-state index contributed by atoms with van der Waals surface area (Å²) < 4.78 is 5.42. The van der Waals surface area contributed by atoms with Gasteiger partial charge in [-0.3, -0.25) is 4.79 Å². The van der Waals surface area contributed by atoms with Crippen molar-refractivity contribution in [3.8, 4) is 0 Å². The third kappa shape index (κ3) is 3.46. The fourth-order valence-electron chi connectivity index (χ4n) is 2.14. The second-order valence-corrected chi connectivity index (χ2v) is 5.59. The average Bonchev–Trinajstić information content (AvgIpc) is 2.93. The molecule has 1 unspecified atom stereocenters. The Kier molecular flexibility index (Phi) is 4.93. The van der Waals surface area contributed by atoms with Gasteiger partial charge >= 0.3 is 0 Å². The molecular weight excluding hydrogens is 270 g/mol. The van der Waals surface area contributed by atoms with Crippen LogP contribution in [0.5, 0.6) is 0 Å². The van der Waals surface area contributed by atoms with E-state index in [0.29, 0.717) is 6.54 Å². The number of aryl methyl sites for hydroxylation is 2. The van der Waals surface area contributed by atoms with Crippen molar-refractivity contribution < 1.29 is 9.53 Å². The maximum Gasteiger partial charge on any atom is 0.251 e. The zero-order chi connectivity index (χ0) is 14.5. The highest BCUT2D eigenvalue weighted by molar-refractivity contribution is 7.07. The van der Waals surface area contributed by atoms with Gasteiger partial charge in [-0.15, -0.1) is 0 Å². The molecule has 1 N–H and O–H groups in total. The van der Waals surface area contributed by atoms with Crippen LogP contribution >= 0.6 is 11.3 Å². The van der Waals surface area contributed by atoms with E-state index in [9.17, 15) is 4.79 Å². The highest BCUT2D eigenvalue weighted by Gasteiger charge is 2.14. The van der Waals surface area contributed by atoms with E-state index < -0.39 is 0 Å². The first-order valence-electron chi connectivity index (χ1n) is 6.52. The van der Waals surface area contributed by atoms with E-state index in [4.69, 9.17) is 4.74 Å². The lowest BCUT2D eigenvalue weighted by molar-refractivity contribution is 0.0828. The Hall–Kier alpha value is -1.65. The van der Waals surface area contributed by atoms with E-state index in [1.165, 1.54) is 0 Å². The van der Waals surface area contributed by atoms with E-state index in [0.717, 1.165) is 22.3 Å². The maximum atomic E-state index is 12.2. The van der Waals surface area contributed by atoms with Gasteiger partial charge in [-0.2, -0.15) is 11.3 Å². The van der Waals surface area contributed by atoms with Crippen molar-refractivity contribution in [2.45, 2.75) is 20.0 Å². The number of carbonyl (C=O) groups is 1. The third-order valence-electron chi connectivity index (χ3n) is 3.27. The molecule has 0 saturated heterocycles. The van der Waals surface area contributed by atoms with Gasteiger partial charge in [0.25, 0.3) is 5.91 Å². The van der Waals surface area contributed by atoms with Gasteiger partial charge in [0, 0.05) is 19.2 Å². The maximum absolute atomic E-state index is 12.2. The molecule has 0 aliphatic carbocycles. The Bertz CT molecular complexity index is 578. The number of thiophene rings is 1. The quantitative estimate of drug-likeness (QED) is 0.915. The number of carbonyl (C=O) groups excluding carboxylic acids is 1. The molecule has 3 nitrogen and oxygen atoms in total. The van der Waals surface area contributed by atoms with E-state index in [1.54, 1.807) is 18.4 Å². The molecule has 2 rings (SSSR count). The molecule has 20 heavy (non-hydrogen) atoms. The number of rotatable bonds is 5. The summed E-state index contributed by atoms with van der Waals surface area (Å²) in [5.74, 6) is -0.0558. The van der Waals surface area contributed by atoms with Crippen LogP contribution in [0.25, 0.3) is 0 Å². The molecule has 0 aliphatic rings. The molecule has 0 aliphatic heterocycles. The first kappa shape index (κ1) is 14.8. The summed E-state index contributed by atoms with van der Waals surface area (Å²) in [5.41, 5.74) is 3.97. The smallest absolute Gasteiger partial charge is 0.251 e. The van der Waals surface area contributed by atoms with Gasteiger partial charge in [0.2, 0.25) is 0 Å². The normalized spacial score (nSPS) is 12.2. The number of hydrogen-bond donors (Lipinski definition) is 1. The van der Waals surface area contributed by atoms with Gasteiger partial charge in [0.15, 0.2) is 0 Å². The number of methoxy groups -OCH3 is 1. The topological polar surface area (TPSA) is 38.3 Å². The molecule has 1 atom stereocenters. The summed E-state index contributed by atoms with van der Waals surface area (Å²) in [4.78, 5) is 12.2. The van der Waals surface area contributed by atoms with E-state index in [-0.39, 0.29) is 12.0 Å². The predicted molar refractivity (Wildman–Crippen MR) is 82.3 cm³/mol. The first-order valence-corrected chi connectivity index (χ1v) is 7.46. The van der Waals surface area contributed by atoms with Crippen molar-refractivity contribution in [3.05, 3.63) is 57.3 Å². The lowest BCUT2D eigenvalue weighted by atomic mass is 10.1. The van der Waals surface area contributed by atoms with E-state index in [2.05, 4.69) is 5.32 Å². The minimum absolute atomic E-state index is 0.0558. The molecule has 1 heterocycles. The highest BCUT2D eigenvalue weighted by atomic mass is 32.1. The van der Waals surface area contributed by atoms with Gasteiger partial charge in [0.05, 0.1) is 0 Å². The van der Waals surface area contributed by atoms with Gasteiger partial charge in [-0.25, -0.2) is 0 Å². The number of ether oxygens (including phenoxy) is 1. The largest absolute Gasteiger partial charge is 0.375 e. The lowest BCUT2D eigenvalue weighted by Crippen LogP contribution is -2.29. The fourth-order valence-corrected chi connectivity index (χ4v) is 2.85. The van der Waals surface area contributed by atoms with Crippen LogP contribution in [0.3, 0.4) is 0 Å². The zero-order valence-electron chi connectivity index (χ0n) is 12.0. The molecule has 4 heteroatoms. The number of benzene rings is 1. The van der Waals surface area contributed by atoms with Crippen molar-refractivity contribution in [3.63, 3.8) is 0 Å². The Labute approximate surface area is 123 Å². The van der Waals surface area contributed by atoms with Gasteiger partial charge in [-0.1, -0.05) is 17.7 Å². The number of nitrogens with one attached hydrogen (secondary N) is 1. The monoisotopic (exact) mass is 289 g/mol. The van der Waals surface area contributed by atoms with Crippen molar-refractivity contribution in [1.29, 1.82) is 0 Å². The van der Waals surface area contributed by atoms with Gasteiger partial charge < -0.3 is 10.1 Å². The summed E-state index contributed by atoms with van der Waals surface area (Å²) in [7, 11) is 1.66. The molecule has 0 fully saturated rings. The summed E-state index contributed by atoms with van der Waals surface area (Å²) >= 11 is 1.63. The van der Waals surface area contributed by atoms with Crippen LogP contribution in [-0.4, -0.2) is 19.6 Å². The van der Waals surface area contributed by atoms with Crippen LogP contribution in [0.15, 0.2) is 35.0 Å². The molecule has 0 saturated carbocycles. The Morgan fingerprint density at radius 2 is 2.15 bits per heavy atom. The Morgan fingerprint density at radius 3 is 2.75 bits per heavy atom. The summed E-state index contributed by atoms with van der Waals surface area (Å²) in [5, 5.41) is 6.99. The Morgan fingerprint density at radius 1 is 1.35 bits per heavy atom. The molecule has 2 aromatic rings. The average molecular weight is 289 g/mol. The summed E-state index contributed by atoms with van der Waals surface area (Å²) in [6, 6.07) is 7.85. The minimum Gasteiger partial charge on any atom is -0.375 e. The van der Waals surface area contributed by atoms with Crippen molar-refractivity contribution in [2.24, 2.45) is 0 Å². The van der Waals surface area contributed by atoms with Crippen LogP contribution in [0.1, 0.15) is 33.2 Å². The standard InChI is InChI=1S/C16H19NO2S/c1-11-4-5-14(12(2)8-11)16(18)17-9-15(19-3)13-6-7-20-10-13/h4-8,10,15H,9H2,1-3H3,(H,17,18). The van der Waals surface area contributed by atoms with Crippen molar-refractivity contribution in [2.75, 3.05) is 13.7 Å². The molecular formula is C16H19NO2S. The van der Waals surface area contributed by atoms with Gasteiger partial charge in [-0.05, 0) is 47.9 Å². The second-order valence-electron chi connectivity index (χ2n) is 4.81. The number of hydrogen-bond acceptors (Lipinski definition) is 3. The van der Waals surface area contributed by atoms with Crippen LogP contribution in [0, 0.1) is 13.8 Å². The molecule has 1 aromatic heterocycles. The zero-order valence-corrected chi connectivity index (χ0v) is 12.8. The number of amides is 1. The molecule has 0 bridgehead atoms. The molecule has 1 aromatic carbocycles. The fraction of sp³-hybridized carbons (Fsp3) is 0.312. The van der Waals surface area contributed by atoms with Crippen LogP contribution in [-0.2, 0) is 4.74 Å².